The van der Waals surface area contributed by atoms with Crippen LogP contribution in [0, 0.1) is 0 Å². The minimum absolute atomic E-state index is 0.452. The number of benzene rings is 10. The third-order valence-corrected chi connectivity index (χ3v) is 14.6. The van der Waals surface area contributed by atoms with E-state index in [-0.39, 0.29) is 0 Å². The van der Waals surface area contributed by atoms with Crippen molar-refractivity contribution >= 4 is 33.4 Å². The standard InChI is InChI=1S/C67H49N/c1-3-4-35-57-47(2)66(51-26-9-5-10-27-51,52-28-11-6-12-29-52)63-43-40-50(45-61(57)63)49-25-21-34-55(44-49)68(65-39-22-24-48-23-17-18-36-58(48)65)56-41-42-60-59-37-19-20-38-62(59)67(64(60)46-56,53-30-13-7-14-31-53)54-32-15-8-16-33-54/h3-46H,1H2,2H3/b35-4-. The monoisotopic (exact) mass is 867 g/mol. The van der Waals surface area contributed by atoms with E-state index in [1.165, 1.54) is 77.6 Å². The Morgan fingerprint density at radius 2 is 0.926 bits per heavy atom. The zero-order valence-corrected chi connectivity index (χ0v) is 38.1. The fraction of sp³-hybridized carbons (Fsp3) is 0.0448. The van der Waals surface area contributed by atoms with Gasteiger partial charge in [-0.2, -0.15) is 0 Å². The number of hydrogen-bond donors (Lipinski definition) is 0. The van der Waals surface area contributed by atoms with Crippen molar-refractivity contribution < 1.29 is 0 Å². The highest BCUT2D eigenvalue weighted by atomic mass is 15.1. The van der Waals surface area contributed by atoms with Crippen molar-refractivity contribution in [2.24, 2.45) is 0 Å². The molecule has 0 heterocycles. The molecule has 0 radical (unpaired) electrons. The normalized spacial score (nSPS) is 14.1. The Kier molecular flexibility index (Phi) is 10.1. The molecule has 0 fully saturated rings. The molecule has 0 atom stereocenters. The van der Waals surface area contributed by atoms with E-state index in [1.54, 1.807) is 0 Å². The molecule has 1 heteroatoms. The van der Waals surface area contributed by atoms with Crippen LogP contribution < -0.4 is 4.90 Å². The van der Waals surface area contributed by atoms with Crippen LogP contribution in [0.15, 0.2) is 279 Å². The summed E-state index contributed by atoms with van der Waals surface area (Å²) < 4.78 is 0. The molecule has 0 saturated heterocycles. The SMILES string of the molecule is C=C/C=C\C1=C(C)C(c2ccccc2)(c2ccccc2)c2ccc(-c3cccc(N(c4ccc5c(c4)C(c4ccccc4)(c4ccccc4)c4ccccc4-5)c4cccc5ccccc45)c3)cc21. The molecule has 0 aromatic heterocycles. The number of nitrogens with zero attached hydrogens (tertiary/aromatic N) is 1. The van der Waals surface area contributed by atoms with Crippen molar-refractivity contribution in [2.75, 3.05) is 4.90 Å². The Balaban J connectivity index is 1.07. The maximum Gasteiger partial charge on any atom is 0.0714 e. The number of fused-ring (bicyclic) bond motifs is 5. The Bertz CT molecular complexity index is 3500. The van der Waals surface area contributed by atoms with Crippen molar-refractivity contribution in [3.8, 4) is 22.3 Å². The van der Waals surface area contributed by atoms with E-state index in [1.807, 2.05) is 6.08 Å². The molecule has 10 aromatic carbocycles. The maximum absolute atomic E-state index is 4.07. The molecule has 0 bridgehead atoms. The van der Waals surface area contributed by atoms with Crippen LogP contribution in [0.25, 0.3) is 38.6 Å². The molecule has 12 rings (SSSR count). The lowest BCUT2D eigenvalue weighted by molar-refractivity contribution is 0.743. The van der Waals surface area contributed by atoms with Crippen LogP contribution in [0.4, 0.5) is 17.1 Å². The van der Waals surface area contributed by atoms with Crippen molar-refractivity contribution in [2.45, 2.75) is 17.8 Å². The Hall–Kier alpha value is -8.52. The number of rotatable bonds is 10. The van der Waals surface area contributed by atoms with Crippen molar-refractivity contribution in [3.05, 3.63) is 324 Å². The molecule has 68 heavy (non-hydrogen) atoms. The first-order valence-corrected chi connectivity index (χ1v) is 23.6. The van der Waals surface area contributed by atoms with Gasteiger partial charge in [0.1, 0.15) is 0 Å². The molecule has 10 aromatic rings. The highest BCUT2D eigenvalue weighted by molar-refractivity contribution is 6.00. The number of anilines is 3. The zero-order chi connectivity index (χ0) is 45.7. The average molecular weight is 868 g/mol. The summed E-state index contributed by atoms with van der Waals surface area (Å²) in [5, 5.41) is 2.39. The molecule has 0 amide bonds. The van der Waals surface area contributed by atoms with E-state index in [0.717, 1.165) is 28.2 Å². The van der Waals surface area contributed by atoms with E-state index < -0.39 is 10.8 Å². The predicted octanol–water partition coefficient (Wildman–Crippen LogP) is 17.2. The molecule has 0 spiro atoms. The summed E-state index contributed by atoms with van der Waals surface area (Å²) in [6.07, 6.45) is 6.19. The van der Waals surface area contributed by atoms with Crippen LogP contribution in [-0.2, 0) is 10.8 Å². The summed E-state index contributed by atoms with van der Waals surface area (Å²) in [5.74, 6) is 0. The largest absolute Gasteiger partial charge is 0.310 e. The fourth-order valence-electron chi connectivity index (χ4n) is 11.8. The molecule has 0 N–H and O–H groups in total. The summed E-state index contributed by atoms with van der Waals surface area (Å²) in [6, 6.07) is 91.9. The van der Waals surface area contributed by atoms with E-state index >= 15 is 0 Å². The second-order valence-electron chi connectivity index (χ2n) is 18.0. The third-order valence-electron chi connectivity index (χ3n) is 14.6. The van der Waals surface area contributed by atoms with Crippen LogP contribution in [0.2, 0.25) is 0 Å². The first-order valence-electron chi connectivity index (χ1n) is 23.6. The number of allylic oxidation sites excluding steroid dienone is 5. The van der Waals surface area contributed by atoms with Crippen molar-refractivity contribution in [3.63, 3.8) is 0 Å². The van der Waals surface area contributed by atoms with Crippen molar-refractivity contribution in [1.29, 1.82) is 0 Å². The molecule has 1 nitrogen and oxygen atoms in total. The van der Waals surface area contributed by atoms with Crippen molar-refractivity contribution in [1.82, 2.24) is 0 Å². The van der Waals surface area contributed by atoms with E-state index in [2.05, 4.69) is 279 Å². The lowest BCUT2D eigenvalue weighted by Gasteiger charge is -2.35. The Labute approximate surface area is 400 Å². The average Bonchev–Trinajstić information content (AvgIpc) is 3.85. The highest BCUT2D eigenvalue weighted by Crippen LogP contribution is 2.58. The van der Waals surface area contributed by atoms with Gasteiger partial charge in [0.05, 0.1) is 16.5 Å². The second-order valence-corrected chi connectivity index (χ2v) is 18.0. The topological polar surface area (TPSA) is 3.24 Å². The highest BCUT2D eigenvalue weighted by Gasteiger charge is 2.47. The lowest BCUT2D eigenvalue weighted by Crippen LogP contribution is -2.28. The van der Waals surface area contributed by atoms with Gasteiger partial charge in [-0.1, -0.05) is 237 Å². The molecule has 2 aliphatic carbocycles. The molecule has 0 saturated carbocycles. The van der Waals surface area contributed by atoms with Gasteiger partial charge in [-0.25, -0.2) is 0 Å². The van der Waals surface area contributed by atoms with Crippen LogP contribution in [0.1, 0.15) is 51.4 Å². The smallest absolute Gasteiger partial charge is 0.0714 e. The van der Waals surface area contributed by atoms with Crippen LogP contribution >= 0.6 is 0 Å². The van der Waals surface area contributed by atoms with Gasteiger partial charge in [0, 0.05) is 16.8 Å². The Morgan fingerprint density at radius 1 is 0.397 bits per heavy atom. The quantitative estimate of drug-likeness (QED) is 0.124. The maximum atomic E-state index is 4.07. The molecular formula is C67H49N. The summed E-state index contributed by atoms with van der Waals surface area (Å²) in [6.45, 7) is 6.38. The second kappa shape index (κ2) is 16.7. The minimum Gasteiger partial charge on any atom is -0.310 e. The summed E-state index contributed by atoms with van der Waals surface area (Å²) in [7, 11) is 0. The van der Waals surface area contributed by atoms with Gasteiger partial charge in [-0.3, -0.25) is 0 Å². The number of hydrogen-bond acceptors (Lipinski definition) is 1. The molecule has 322 valence electrons. The minimum atomic E-state index is -0.529. The van der Waals surface area contributed by atoms with Gasteiger partial charge >= 0.3 is 0 Å². The summed E-state index contributed by atoms with van der Waals surface area (Å²) >= 11 is 0. The van der Waals surface area contributed by atoms with Gasteiger partial charge in [-0.05, 0) is 127 Å². The van der Waals surface area contributed by atoms with Crippen LogP contribution in [-0.4, -0.2) is 0 Å². The van der Waals surface area contributed by atoms with Crippen LogP contribution in [0.3, 0.4) is 0 Å². The molecule has 2 aliphatic rings. The van der Waals surface area contributed by atoms with E-state index in [0.29, 0.717) is 0 Å². The molecular weight excluding hydrogens is 819 g/mol. The van der Waals surface area contributed by atoms with E-state index in [9.17, 15) is 0 Å². The third kappa shape index (κ3) is 6.24. The van der Waals surface area contributed by atoms with Crippen LogP contribution in [0.5, 0.6) is 0 Å². The summed E-state index contributed by atoms with van der Waals surface area (Å²) in [5.41, 5.74) is 19.8. The first-order chi connectivity index (χ1) is 33.6. The van der Waals surface area contributed by atoms with Gasteiger partial charge in [0.25, 0.3) is 0 Å². The predicted molar refractivity (Wildman–Crippen MR) is 286 cm³/mol. The lowest BCUT2D eigenvalue weighted by atomic mass is 9.67. The van der Waals surface area contributed by atoms with Gasteiger partial charge in [0.15, 0.2) is 0 Å². The van der Waals surface area contributed by atoms with Gasteiger partial charge in [-0.15, -0.1) is 0 Å². The fourth-order valence-corrected chi connectivity index (χ4v) is 11.8. The first kappa shape index (κ1) is 40.9. The van der Waals surface area contributed by atoms with Gasteiger partial charge < -0.3 is 4.90 Å². The van der Waals surface area contributed by atoms with Gasteiger partial charge in [0.2, 0.25) is 0 Å². The van der Waals surface area contributed by atoms with E-state index in [4.69, 9.17) is 0 Å². The molecule has 0 aliphatic heterocycles. The summed E-state index contributed by atoms with van der Waals surface area (Å²) in [4.78, 5) is 2.47. The molecule has 0 unspecified atom stereocenters. The zero-order valence-electron chi connectivity index (χ0n) is 38.1. The Morgan fingerprint density at radius 3 is 1.60 bits per heavy atom.